The van der Waals surface area contributed by atoms with E-state index in [1.54, 1.807) is 36.4 Å². The molecule has 0 atom stereocenters. The molecule has 0 saturated carbocycles. The Labute approximate surface area is 246 Å². The lowest BCUT2D eigenvalue weighted by molar-refractivity contribution is -0.138. The lowest BCUT2D eigenvalue weighted by atomic mass is 10.1. The summed E-state index contributed by atoms with van der Waals surface area (Å²) in [5.41, 5.74) is 2.40. The van der Waals surface area contributed by atoms with E-state index in [9.17, 15) is 14.4 Å². The Kier molecular flexibility index (Phi) is 13.4. The van der Waals surface area contributed by atoms with Gasteiger partial charge in [0.15, 0.2) is 0 Å². The summed E-state index contributed by atoms with van der Waals surface area (Å²) >= 11 is 0. The van der Waals surface area contributed by atoms with Gasteiger partial charge in [0.25, 0.3) is 0 Å². The normalized spacial score (nSPS) is 10.3. The Morgan fingerprint density at radius 3 is 1.48 bits per heavy atom. The minimum atomic E-state index is -0.469. The van der Waals surface area contributed by atoms with Crippen LogP contribution in [0.1, 0.15) is 42.5 Å². The van der Waals surface area contributed by atoms with Crippen molar-refractivity contribution >= 4 is 17.9 Å². The summed E-state index contributed by atoms with van der Waals surface area (Å²) in [5.74, 6) is 0.527. The first kappa shape index (κ1) is 31.7. The molecule has 8 heteroatoms. The second-order valence-corrected chi connectivity index (χ2v) is 9.17. The van der Waals surface area contributed by atoms with E-state index in [1.807, 2.05) is 36.4 Å². The van der Waals surface area contributed by atoms with Crippen LogP contribution in [0.5, 0.6) is 17.2 Å². The number of carbonyl (C=O) groups is 3. The zero-order valence-corrected chi connectivity index (χ0v) is 23.6. The predicted molar refractivity (Wildman–Crippen MR) is 160 cm³/mol. The second-order valence-electron chi connectivity index (χ2n) is 9.17. The van der Waals surface area contributed by atoms with E-state index in [2.05, 4.69) is 13.2 Å². The van der Waals surface area contributed by atoms with E-state index >= 15 is 0 Å². The van der Waals surface area contributed by atoms with Crippen molar-refractivity contribution in [3.05, 3.63) is 104 Å². The molecule has 0 radical (unpaired) electrons. The first-order valence-corrected chi connectivity index (χ1v) is 13.8. The fraction of sp³-hybridized carbons (Fsp3) is 0.265. The lowest BCUT2D eigenvalue weighted by Crippen LogP contribution is -2.09. The highest BCUT2D eigenvalue weighted by molar-refractivity contribution is 5.91. The molecule has 0 saturated heterocycles. The highest BCUT2D eigenvalue weighted by atomic mass is 16.5. The molecule has 0 amide bonds. The van der Waals surface area contributed by atoms with Gasteiger partial charge in [-0.05, 0) is 85.3 Å². The number of hydrogen-bond donors (Lipinski definition) is 0. The first-order chi connectivity index (χ1) is 20.5. The summed E-state index contributed by atoms with van der Waals surface area (Å²) in [5, 5.41) is 0. The minimum absolute atomic E-state index is 0.245. The van der Waals surface area contributed by atoms with Gasteiger partial charge in [0, 0.05) is 18.6 Å². The molecule has 0 aliphatic carbocycles. The second kappa shape index (κ2) is 17.8. The maximum absolute atomic E-state index is 12.6. The van der Waals surface area contributed by atoms with E-state index in [1.165, 1.54) is 6.08 Å². The molecule has 0 fully saturated rings. The third-order valence-electron chi connectivity index (χ3n) is 6.03. The van der Waals surface area contributed by atoms with Crippen LogP contribution in [-0.4, -0.2) is 44.3 Å². The van der Waals surface area contributed by atoms with Crippen LogP contribution in [0.4, 0.5) is 0 Å². The molecule has 0 aromatic heterocycles. The van der Waals surface area contributed by atoms with Crippen molar-refractivity contribution in [3.8, 4) is 28.4 Å². The number of rotatable bonds is 18. The zero-order chi connectivity index (χ0) is 30.0. The van der Waals surface area contributed by atoms with Crippen LogP contribution in [-0.2, 0) is 19.1 Å². The Morgan fingerprint density at radius 2 is 0.952 bits per heavy atom. The molecular formula is C34H36O8. The Bertz CT molecular complexity index is 1290. The van der Waals surface area contributed by atoms with Crippen LogP contribution in [0.3, 0.4) is 0 Å². The monoisotopic (exact) mass is 572 g/mol. The smallest absolute Gasteiger partial charge is 0.343 e. The number of ether oxygens (including phenoxy) is 5. The molecule has 3 aromatic carbocycles. The van der Waals surface area contributed by atoms with E-state index < -0.39 is 11.9 Å². The van der Waals surface area contributed by atoms with Gasteiger partial charge < -0.3 is 23.7 Å². The summed E-state index contributed by atoms with van der Waals surface area (Å²) in [6, 6.07) is 21.8. The van der Waals surface area contributed by atoms with Crippen LogP contribution < -0.4 is 14.2 Å². The fourth-order valence-electron chi connectivity index (χ4n) is 3.77. The molecular weight excluding hydrogens is 536 g/mol. The van der Waals surface area contributed by atoms with E-state index in [-0.39, 0.29) is 12.6 Å². The summed E-state index contributed by atoms with van der Waals surface area (Å²) in [7, 11) is 0. The van der Waals surface area contributed by atoms with Crippen LogP contribution >= 0.6 is 0 Å². The molecule has 0 bridgehead atoms. The summed E-state index contributed by atoms with van der Waals surface area (Å²) in [6.45, 7) is 8.36. The van der Waals surface area contributed by atoms with Gasteiger partial charge in [-0.2, -0.15) is 0 Å². The molecule has 0 heterocycles. The zero-order valence-electron chi connectivity index (χ0n) is 23.6. The van der Waals surface area contributed by atoms with Gasteiger partial charge >= 0.3 is 17.9 Å². The molecule has 0 N–H and O–H groups in total. The van der Waals surface area contributed by atoms with Crippen molar-refractivity contribution in [1.29, 1.82) is 0 Å². The molecule has 3 rings (SSSR count). The maximum Gasteiger partial charge on any atom is 0.343 e. The van der Waals surface area contributed by atoms with E-state index in [4.69, 9.17) is 23.7 Å². The summed E-state index contributed by atoms with van der Waals surface area (Å²) in [4.78, 5) is 34.6. The molecule has 0 aliphatic heterocycles. The Balaban J connectivity index is 1.37. The van der Waals surface area contributed by atoms with Gasteiger partial charge in [-0.3, -0.25) is 0 Å². The van der Waals surface area contributed by atoms with Gasteiger partial charge in [0.1, 0.15) is 17.2 Å². The highest BCUT2D eigenvalue weighted by Gasteiger charge is 2.10. The number of carbonyl (C=O) groups excluding carboxylic acids is 3. The summed E-state index contributed by atoms with van der Waals surface area (Å²) in [6.07, 6.45) is 6.55. The van der Waals surface area contributed by atoms with Crippen molar-refractivity contribution in [1.82, 2.24) is 0 Å². The molecule has 42 heavy (non-hydrogen) atoms. The first-order valence-electron chi connectivity index (χ1n) is 13.8. The molecule has 0 unspecified atom stereocenters. The van der Waals surface area contributed by atoms with Gasteiger partial charge in [-0.1, -0.05) is 37.4 Å². The number of benzene rings is 3. The highest BCUT2D eigenvalue weighted by Crippen LogP contribution is 2.25. The van der Waals surface area contributed by atoms with E-state index in [0.29, 0.717) is 43.3 Å². The van der Waals surface area contributed by atoms with E-state index in [0.717, 1.165) is 48.6 Å². The van der Waals surface area contributed by atoms with Gasteiger partial charge in [0.2, 0.25) is 0 Å². The predicted octanol–water partition coefficient (Wildman–Crippen LogP) is 6.74. The molecule has 0 aliphatic rings. The van der Waals surface area contributed by atoms with Gasteiger partial charge in [-0.15, -0.1) is 0 Å². The molecule has 0 spiro atoms. The van der Waals surface area contributed by atoms with Crippen molar-refractivity contribution < 1.29 is 38.1 Å². The van der Waals surface area contributed by atoms with Crippen LogP contribution in [0.15, 0.2) is 98.1 Å². The van der Waals surface area contributed by atoms with Gasteiger partial charge in [-0.25, -0.2) is 14.4 Å². The number of hydrogen-bond acceptors (Lipinski definition) is 8. The van der Waals surface area contributed by atoms with Crippen molar-refractivity contribution in [2.75, 3.05) is 26.4 Å². The maximum atomic E-state index is 12.6. The molecule has 220 valence electrons. The largest absolute Gasteiger partial charge is 0.494 e. The van der Waals surface area contributed by atoms with Crippen LogP contribution in [0.2, 0.25) is 0 Å². The fourth-order valence-corrected chi connectivity index (χ4v) is 3.77. The molecule has 3 aromatic rings. The minimum Gasteiger partial charge on any atom is -0.494 e. The Hall–Kier alpha value is -4.85. The summed E-state index contributed by atoms with van der Waals surface area (Å²) < 4.78 is 26.8. The Morgan fingerprint density at radius 1 is 0.524 bits per heavy atom. The topological polar surface area (TPSA) is 97.4 Å². The van der Waals surface area contributed by atoms with Crippen LogP contribution in [0, 0.1) is 0 Å². The number of esters is 3. The van der Waals surface area contributed by atoms with Gasteiger partial charge in [0.05, 0.1) is 32.0 Å². The van der Waals surface area contributed by atoms with Crippen LogP contribution in [0.25, 0.3) is 11.1 Å². The quantitative estimate of drug-likeness (QED) is 0.0716. The lowest BCUT2D eigenvalue weighted by Gasteiger charge is -2.09. The standard InChI is InChI=1S/C34H36O8/c1-3-32(35)40-23-8-6-5-7-22-38-29-16-10-26(11-17-29)27-12-20-31(21-13-27)42-34(37)28-14-18-30(19-15-28)39-24-9-25-41-33(36)4-2/h3-4,10-21H,1-2,5-9,22-25H2. The third kappa shape index (κ3) is 11.3. The number of unbranched alkanes of at least 4 members (excludes halogenated alkanes) is 3. The third-order valence-corrected chi connectivity index (χ3v) is 6.03. The average Bonchev–Trinajstić information content (AvgIpc) is 3.02. The molecule has 8 nitrogen and oxygen atoms in total. The van der Waals surface area contributed by atoms with Crippen molar-refractivity contribution in [2.45, 2.75) is 32.1 Å². The SMILES string of the molecule is C=CC(=O)OCCCCCCOc1ccc(-c2ccc(OC(=O)c3ccc(OCCCOC(=O)C=C)cc3)cc2)cc1. The van der Waals surface area contributed by atoms with Crippen molar-refractivity contribution in [3.63, 3.8) is 0 Å². The van der Waals surface area contributed by atoms with Crippen molar-refractivity contribution in [2.24, 2.45) is 0 Å². The average molecular weight is 573 g/mol.